The third-order valence-corrected chi connectivity index (χ3v) is 2.26. The summed E-state index contributed by atoms with van der Waals surface area (Å²) in [6, 6.07) is 18.3. The van der Waals surface area contributed by atoms with Gasteiger partial charge in [0.1, 0.15) is 0 Å². The second kappa shape index (κ2) is 4.88. The smallest absolute Gasteiger partial charge is 0.345 e. The molecule has 15 heavy (non-hydrogen) atoms. The second-order valence-corrected chi connectivity index (χ2v) is 3.36. The van der Waals surface area contributed by atoms with E-state index in [1.54, 1.807) is 0 Å². The lowest BCUT2D eigenvalue weighted by molar-refractivity contribution is 1.33. The van der Waals surface area contributed by atoms with Crippen molar-refractivity contribution in [1.29, 1.82) is 0 Å². The van der Waals surface area contributed by atoms with Gasteiger partial charge in [0.15, 0.2) is 0 Å². The largest absolute Gasteiger partial charge is 0.386 e. The van der Waals surface area contributed by atoms with Crippen LogP contribution in [0.15, 0.2) is 63.8 Å². The van der Waals surface area contributed by atoms with Crippen LogP contribution in [0.5, 0.6) is 0 Å². The highest BCUT2D eigenvalue weighted by Crippen LogP contribution is 2.22. The van der Waals surface area contributed by atoms with Crippen LogP contribution in [0.1, 0.15) is 0 Å². The minimum atomic E-state index is 0.865. The molecule has 0 aromatic heterocycles. The van der Waals surface area contributed by atoms with Gasteiger partial charge in [0, 0.05) is 0 Å². The predicted octanol–water partition coefficient (Wildman–Crippen LogP) is 3.52. The predicted molar refractivity (Wildman–Crippen MR) is 62.1 cm³/mol. The zero-order chi connectivity index (χ0) is 10.5. The molecule has 0 bridgehead atoms. The first-order valence-corrected chi connectivity index (χ1v) is 5.18. The van der Waals surface area contributed by atoms with Crippen molar-refractivity contribution in [3.63, 3.8) is 0 Å². The van der Waals surface area contributed by atoms with E-state index in [1.807, 2.05) is 42.5 Å². The molecule has 2 nitrogen and oxygen atoms in total. The van der Waals surface area contributed by atoms with Gasteiger partial charge in [-0.05, 0) is 23.3 Å². The number of hydrogen-bond donors (Lipinski definition) is 0. The third-order valence-electron chi connectivity index (χ3n) is 2.15. The van der Waals surface area contributed by atoms with Crippen molar-refractivity contribution in [2.45, 2.75) is 0 Å². The summed E-state index contributed by atoms with van der Waals surface area (Å²) in [6.07, 6.45) is 0. The fourth-order valence-electron chi connectivity index (χ4n) is 1.42. The zero-order valence-electron chi connectivity index (χ0n) is 8.17. The third kappa shape index (κ3) is 2.53. The lowest BCUT2D eigenvalue weighted by Crippen LogP contribution is -1.75. The summed E-state index contributed by atoms with van der Waals surface area (Å²) >= 11 is 2.22. The molecule has 0 aliphatic carbocycles. The standard InChI is InChI=1S/C12H9N2.Al/c13-14-12-8-6-11(7-9-12)10-4-2-1-3-5-10;/h1-9H;/q-1;+1. The van der Waals surface area contributed by atoms with E-state index in [0.717, 1.165) is 5.69 Å². The van der Waals surface area contributed by atoms with Crippen LogP contribution >= 0.6 is 0 Å². The maximum absolute atomic E-state index is 3.93. The molecule has 0 saturated heterocycles. The Morgan fingerprint density at radius 1 is 0.733 bits per heavy atom. The quantitative estimate of drug-likeness (QED) is 0.533. The van der Waals surface area contributed by atoms with Crippen LogP contribution in [-0.4, -0.2) is 16.5 Å². The molecule has 2 rings (SSSR count). The summed E-state index contributed by atoms with van der Waals surface area (Å²) in [5, 5.41) is 3.93. The Morgan fingerprint density at radius 3 is 1.93 bits per heavy atom. The molecular formula is C12H9AlN2. The molecule has 2 aromatic rings. The average molecular weight is 208 g/mol. The van der Waals surface area contributed by atoms with E-state index < -0.39 is 0 Å². The number of nitrogens with zero attached hydrogens (tertiary/aromatic N) is 2. The van der Waals surface area contributed by atoms with Gasteiger partial charge in [0.25, 0.3) is 0 Å². The zero-order valence-corrected chi connectivity index (χ0v) is 9.32. The molecule has 0 N–H and O–H groups in total. The molecule has 70 valence electrons. The van der Waals surface area contributed by atoms with Gasteiger partial charge in [-0.1, -0.05) is 42.5 Å². The van der Waals surface area contributed by atoms with Crippen molar-refractivity contribution < 1.29 is 0 Å². The van der Waals surface area contributed by atoms with Crippen LogP contribution in [0.4, 0.5) is 5.69 Å². The molecule has 0 spiro atoms. The molecule has 3 heteroatoms. The van der Waals surface area contributed by atoms with Crippen molar-refractivity contribution in [2.75, 3.05) is 0 Å². The Bertz CT molecular complexity index is 449. The van der Waals surface area contributed by atoms with Gasteiger partial charge in [0.2, 0.25) is 0 Å². The maximum atomic E-state index is 3.93. The summed E-state index contributed by atoms with van der Waals surface area (Å²) in [5.74, 6) is 0. The Balaban J connectivity index is 2.32. The number of hydrogen-bond acceptors (Lipinski definition) is 2. The molecule has 0 unspecified atom stereocenters. The molecule has 0 aliphatic rings. The molecular weight excluding hydrogens is 199 g/mol. The monoisotopic (exact) mass is 208 g/mol. The van der Waals surface area contributed by atoms with E-state index in [4.69, 9.17) is 0 Å². The van der Waals surface area contributed by atoms with Crippen molar-refractivity contribution >= 4 is 22.2 Å². The Morgan fingerprint density at radius 2 is 1.33 bits per heavy atom. The Labute approximate surface area is 97.3 Å². The topological polar surface area (TPSA) is 24.7 Å². The maximum Gasteiger partial charge on any atom is 0.386 e. The fraction of sp³-hybridized carbons (Fsp3) is 0. The van der Waals surface area contributed by atoms with Gasteiger partial charge in [-0.3, -0.25) is 0 Å². The summed E-state index contributed by atoms with van der Waals surface area (Å²) < 4.78 is 3.65. The lowest BCUT2D eigenvalue weighted by Gasteiger charge is -2.00. The molecule has 0 atom stereocenters. The second-order valence-electron chi connectivity index (χ2n) is 3.13. The van der Waals surface area contributed by atoms with E-state index in [-0.39, 0.29) is 0 Å². The van der Waals surface area contributed by atoms with Crippen molar-refractivity contribution in [3.8, 4) is 11.1 Å². The first kappa shape index (κ1) is 10.1. The fourth-order valence-corrected chi connectivity index (χ4v) is 1.55. The minimum absolute atomic E-state index is 0.865. The average Bonchev–Trinajstić information content (AvgIpc) is 2.32. The highest BCUT2D eigenvalue weighted by molar-refractivity contribution is 6.04. The molecule has 0 heterocycles. The molecule has 0 amide bonds. The summed E-state index contributed by atoms with van der Waals surface area (Å²) in [4.78, 5) is 0. The van der Waals surface area contributed by atoms with Crippen molar-refractivity contribution in [1.82, 2.24) is 0 Å². The van der Waals surface area contributed by atoms with E-state index in [0.29, 0.717) is 0 Å². The van der Waals surface area contributed by atoms with Crippen LogP contribution < -0.4 is 0 Å². The van der Waals surface area contributed by atoms with E-state index in [2.05, 4.69) is 37.9 Å². The van der Waals surface area contributed by atoms with Crippen LogP contribution in [-0.2, 0) is 0 Å². The Kier molecular flexibility index (Phi) is 3.29. The summed E-state index contributed by atoms with van der Waals surface area (Å²) in [7, 11) is 0. The highest BCUT2D eigenvalue weighted by Gasteiger charge is 1.95. The molecule has 2 aromatic carbocycles. The van der Waals surface area contributed by atoms with E-state index in [9.17, 15) is 0 Å². The van der Waals surface area contributed by atoms with Gasteiger partial charge in [-0.25, -0.2) is 0 Å². The van der Waals surface area contributed by atoms with E-state index >= 15 is 0 Å². The van der Waals surface area contributed by atoms with Gasteiger partial charge >= 0.3 is 16.5 Å². The van der Waals surface area contributed by atoms with Crippen molar-refractivity contribution in [2.24, 2.45) is 9.21 Å². The van der Waals surface area contributed by atoms with E-state index in [1.165, 1.54) is 11.1 Å². The number of benzene rings is 2. The van der Waals surface area contributed by atoms with Crippen molar-refractivity contribution in [3.05, 3.63) is 54.6 Å². The first-order chi connectivity index (χ1) is 7.40. The normalized spacial score (nSPS) is 10.7. The van der Waals surface area contributed by atoms with Crippen LogP contribution in [0.2, 0.25) is 0 Å². The van der Waals surface area contributed by atoms with Gasteiger partial charge in [-0.2, -0.15) is 5.11 Å². The minimum Gasteiger partial charge on any atom is -0.345 e. The molecule has 2 radical (unpaired) electrons. The van der Waals surface area contributed by atoms with Crippen LogP contribution in [0, 0.1) is 0 Å². The highest BCUT2D eigenvalue weighted by atomic mass is 27.1. The summed E-state index contributed by atoms with van der Waals surface area (Å²) in [5.41, 5.74) is 3.27. The molecule has 0 aliphatic heterocycles. The number of rotatable bonds is 2. The first-order valence-electron chi connectivity index (χ1n) is 4.66. The van der Waals surface area contributed by atoms with Gasteiger partial charge in [-0.15, -0.1) is 0 Å². The van der Waals surface area contributed by atoms with Crippen LogP contribution in [0.25, 0.3) is 11.1 Å². The molecule has 0 saturated carbocycles. The van der Waals surface area contributed by atoms with Crippen LogP contribution in [0.3, 0.4) is 0 Å². The lowest BCUT2D eigenvalue weighted by atomic mass is 10.1. The summed E-state index contributed by atoms with van der Waals surface area (Å²) in [6.45, 7) is 0. The van der Waals surface area contributed by atoms with Gasteiger partial charge in [0.05, 0.1) is 5.69 Å². The SMILES string of the molecule is [Al][N]=Nc1ccc(-c2ccccc2)cc1. The Hall–Kier alpha value is -1.43. The van der Waals surface area contributed by atoms with Gasteiger partial charge < -0.3 is 4.10 Å². The molecule has 0 fully saturated rings.